The van der Waals surface area contributed by atoms with E-state index in [0.717, 1.165) is 4.57 Å². The van der Waals surface area contributed by atoms with E-state index in [0.29, 0.717) is 0 Å². The lowest BCUT2D eigenvalue weighted by molar-refractivity contribution is -0.117. The molecule has 2 heterocycles. The Balaban J connectivity index is 2.41. The summed E-state index contributed by atoms with van der Waals surface area (Å²) in [6.07, 6.45) is -2.31. The highest BCUT2D eigenvalue weighted by atomic mass is 32.1. The van der Waals surface area contributed by atoms with E-state index in [2.05, 4.69) is 4.98 Å². The molecule has 2 rings (SSSR count). The van der Waals surface area contributed by atoms with Gasteiger partial charge in [0.2, 0.25) is 0 Å². The molecule has 0 radical (unpaired) electrons. The quantitative estimate of drug-likeness (QED) is 0.510. The number of nitrogens with zero attached hydrogens (tertiary/aromatic N) is 1. The summed E-state index contributed by atoms with van der Waals surface area (Å²) in [6.45, 7) is 0.983. The van der Waals surface area contributed by atoms with Gasteiger partial charge in [-0.3, -0.25) is 9.55 Å². The number of hydrogen-bond donors (Lipinski definition) is 4. The fourth-order valence-corrected chi connectivity index (χ4v) is 2.06. The summed E-state index contributed by atoms with van der Waals surface area (Å²) in [5.41, 5.74) is -1.86. The van der Waals surface area contributed by atoms with Crippen LogP contribution in [0.15, 0.2) is 17.1 Å². The molecule has 0 bridgehead atoms. The molecule has 4 N–H and O–H groups in total. The molecule has 8 heteroatoms. The van der Waals surface area contributed by atoms with E-state index in [1.54, 1.807) is 0 Å². The molecule has 1 saturated heterocycles. The van der Waals surface area contributed by atoms with Gasteiger partial charge in [0.25, 0.3) is 0 Å². The molecular weight excluding hydrogens is 260 g/mol. The highest BCUT2D eigenvalue weighted by molar-refractivity contribution is 7.71. The number of nitrogens with one attached hydrogen (secondary N) is 1. The van der Waals surface area contributed by atoms with Gasteiger partial charge in [0.15, 0.2) is 6.23 Å². The standard InChI is InChI=1S/C10H14N2O5S/c1-10(4-13)7(15)6(14)8(17-10)12-3-2-5(18)11-9(12)16/h2-3,6-8,13-15H,4H2,1H3,(H,11,16,18)/t6-,7+,8-,10-/m1/s1. The zero-order chi connectivity index (χ0) is 13.5. The highest BCUT2D eigenvalue weighted by Crippen LogP contribution is 2.35. The van der Waals surface area contributed by atoms with Crippen molar-refractivity contribution >= 4 is 12.2 Å². The molecule has 1 fully saturated rings. The van der Waals surface area contributed by atoms with Crippen molar-refractivity contribution in [2.45, 2.75) is 31.0 Å². The van der Waals surface area contributed by atoms with E-state index in [1.165, 1.54) is 19.2 Å². The minimum Gasteiger partial charge on any atom is -0.393 e. The van der Waals surface area contributed by atoms with Crippen LogP contribution in [-0.2, 0) is 4.74 Å². The van der Waals surface area contributed by atoms with Crippen LogP contribution in [0.3, 0.4) is 0 Å². The highest BCUT2D eigenvalue weighted by Gasteiger charge is 2.51. The Labute approximate surface area is 107 Å². The van der Waals surface area contributed by atoms with Crippen molar-refractivity contribution in [1.29, 1.82) is 0 Å². The fourth-order valence-electron chi connectivity index (χ4n) is 1.91. The van der Waals surface area contributed by atoms with Gasteiger partial charge in [-0.1, -0.05) is 12.2 Å². The summed E-state index contributed by atoms with van der Waals surface area (Å²) in [7, 11) is 0. The van der Waals surface area contributed by atoms with Gasteiger partial charge >= 0.3 is 5.69 Å². The second-order valence-corrected chi connectivity index (χ2v) is 4.87. The second kappa shape index (κ2) is 4.56. The first-order chi connectivity index (χ1) is 8.39. The van der Waals surface area contributed by atoms with Crippen molar-refractivity contribution in [3.8, 4) is 0 Å². The first-order valence-corrected chi connectivity index (χ1v) is 5.76. The van der Waals surface area contributed by atoms with Crippen LogP contribution in [0.5, 0.6) is 0 Å². The Hall–Kier alpha value is -1.06. The number of aliphatic hydroxyl groups is 3. The predicted molar refractivity (Wildman–Crippen MR) is 63.5 cm³/mol. The maximum Gasteiger partial charge on any atom is 0.328 e. The van der Waals surface area contributed by atoms with Crippen LogP contribution in [0.1, 0.15) is 13.2 Å². The predicted octanol–water partition coefficient (Wildman–Crippen LogP) is -1.09. The first-order valence-electron chi connectivity index (χ1n) is 5.35. The Morgan fingerprint density at radius 1 is 1.61 bits per heavy atom. The molecule has 1 aliphatic rings. The minimum absolute atomic E-state index is 0.259. The van der Waals surface area contributed by atoms with Gasteiger partial charge in [0.1, 0.15) is 22.4 Å². The van der Waals surface area contributed by atoms with Gasteiger partial charge in [-0.05, 0) is 13.0 Å². The summed E-state index contributed by atoms with van der Waals surface area (Å²) < 4.78 is 6.73. The molecule has 100 valence electrons. The number of rotatable bonds is 2. The summed E-state index contributed by atoms with van der Waals surface area (Å²) >= 11 is 4.79. The smallest absolute Gasteiger partial charge is 0.328 e. The number of aromatic nitrogens is 2. The van der Waals surface area contributed by atoms with Crippen LogP contribution in [0.2, 0.25) is 0 Å². The van der Waals surface area contributed by atoms with Gasteiger partial charge in [-0.15, -0.1) is 0 Å². The van der Waals surface area contributed by atoms with Crippen molar-refractivity contribution in [2.24, 2.45) is 0 Å². The van der Waals surface area contributed by atoms with Crippen LogP contribution in [0.4, 0.5) is 0 Å². The van der Waals surface area contributed by atoms with E-state index in [-0.39, 0.29) is 4.64 Å². The molecule has 0 aromatic carbocycles. The number of aromatic amines is 1. The van der Waals surface area contributed by atoms with Crippen molar-refractivity contribution in [3.63, 3.8) is 0 Å². The Kier molecular flexibility index (Phi) is 3.39. The van der Waals surface area contributed by atoms with E-state index in [1.807, 2.05) is 0 Å². The molecule has 1 aliphatic heterocycles. The lowest BCUT2D eigenvalue weighted by Gasteiger charge is -2.24. The third-order valence-corrected chi connectivity index (χ3v) is 3.31. The normalized spacial score (nSPS) is 35.9. The summed E-state index contributed by atoms with van der Waals surface area (Å²) in [5.74, 6) is 0. The maximum absolute atomic E-state index is 11.7. The summed E-state index contributed by atoms with van der Waals surface area (Å²) in [5, 5.41) is 28.9. The number of H-pyrrole nitrogens is 1. The van der Waals surface area contributed by atoms with E-state index >= 15 is 0 Å². The number of aliphatic hydroxyl groups excluding tert-OH is 3. The molecule has 0 aliphatic carbocycles. The Bertz CT molecular complexity index is 556. The van der Waals surface area contributed by atoms with Crippen LogP contribution in [0, 0.1) is 4.64 Å². The number of ether oxygens (including phenoxy) is 1. The van der Waals surface area contributed by atoms with E-state index < -0.39 is 36.3 Å². The van der Waals surface area contributed by atoms with Crippen molar-refractivity contribution in [3.05, 3.63) is 27.4 Å². The first kappa shape index (κ1) is 13.4. The minimum atomic E-state index is -1.32. The topological polar surface area (TPSA) is 108 Å². The van der Waals surface area contributed by atoms with E-state index in [4.69, 9.17) is 17.0 Å². The molecule has 1 aromatic heterocycles. The zero-order valence-electron chi connectivity index (χ0n) is 9.61. The van der Waals surface area contributed by atoms with Gasteiger partial charge in [-0.25, -0.2) is 4.79 Å². The molecule has 1 aromatic rings. The third-order valence-electron chi connectivity index (χ3n) is 3.07. The van der Waals surface area contributed by atoms with Crippen LogP contribution in [0.25, 0.3) is 0 Å². The molecule has 0 spiro atoms. The SMILES string of the molecule is C[C@]1(CO)O[C@@H](n2ccc(=S)[nH]c2=O)[C@H](O)[C@@H]1O. The molecule has 7 nitrogen and oxygen atoms in total. The summed E-state index contributed by atoms with van der Waals surface area (Å²) in [4.78, 5) is 14.1. The molecule has 4 atom stereocenters. The number of hydrogen-bond acceptors (Lipinski definition) is 6. The van der Waals surface area contributed by atoms with Crippen molar-refractivity contribution in [1.82, 2.24) is 9.55 Å². The third kappa shape index (κ3) is 2.02. The van der Waals surface area contributed by atoms with Crippen LogP contribution in [-0.4, -0.2) is 49.3 Å². The van der Waals surface area contributed by atoms with Gasteiger partial charge in [0.05, 0.1) is 6.61 Å². The van der Waals surface area contributed by atoms with Gasteiger partial charge in [-0.2, -0.15) is 0 Å². The second-order valence-electron chi connectivity index (χ2n) is 4.43. The lowest BCUT2D eigenvalue weighted by atomic mass is 9.99. The zero-order valence-corrected chi connectivity index (χ0v) is 10.4. The lowest BCUT2D eigenvalue weighted by Crippen LogP contribution is -2.43. The molecule has 18 heavy (non-hydrogen) atoms. The fraction of sp³-hybridized carbons (Fsp3) is 0.600. The van der Waals surface area contributed by atoms with Gasteiger partial charge < -0.3 is 20.1 Å². The Morgan fingerprint density at radius 2 is 2.28 bits per heavy atom. The average Bonchev–Trinajstić information content (AvgIpc) is 2.55. The maximum atomic E-state index is 11.7. The summed E-state index contributed by atoms with van der Waals surface area (Å²) in [6, 6.07) is 1.47. The van der Waals surface area contributed by atoms with Crippen LogP contribution < -0.4 is 5.69 Å². The largest absolute Gasteiger partial charge is 0.393 e. The Morgan fingerprint density at radius 3 is 2.78 bits per heavy atom. The average molecular weight is 274 g/mol. The molecular formula is C10H14N2O5S. The van der Waals surface area contributed by atoms with Crippen LogP contribution >= 0.6 is 12.2 Å². The molecule has 0 saturated carbocycles. The molecule has 0 amide bonds. The van der Waals surface area contributed by atoms with Crippen molar-refractivity contribution in [2.75, 3.05) is 6.61 Å². The van der Waals surface area contributed by atoms with Gasteiger partial charge in [0, 0.05) is 6.20 Å². The van der Waals surface area contributed by atoms with E-state index in [9.17, 15) is 20.1 Å². The monoisotopic (exact) mass is 274 g/mol. The molecule has 0 unspecified atom stereocenters. The van der Waals surface area contributed by atoms with Crippen molar-refractivity contribution < 1.29 is 20.1 Å².